The zero-order valence-corrected chi connectivity index (χ0v) is 16.0. The highest BCUT2D eigenvalue weighted by Crippen LogP contribution is 2.33. The third-order valence-electron chi connectivity index (χ3n) is 5.91. The third-order valence-corrected chi connectivity index (χ3v) is 6.90. The van der Waals surface area contributed by atoms with Crippen molar-refractivity contribution in [3.8, 4) is 0 Å². The van der Waals surface area contributed by atoms with E-state index in [0.717, 1.165) is 24.9 Å². The number of nitrogens with zero attached hydrogens (tertiary/aromatic N) is 3. The highest BCUT2D eigenvalue weighted by Gasteiger charge is 2.31. The second kappa shape index (κ2) is 7.98. The van der Waals surface area contributed by atoms with Gasteiger partial charge in [-0.25, -0.2) is 0 Å². The van der Waals surface area contributed by atoms with Crippen LogP contribution < -0.4 is 0 Å². The molecule has 25 heavy (non-hydrogen) atoms. The van der Waals surface area contributed by atoms with E-state index in [-0.39, 0.29) is 0 Å². The van der Waals surface area contributed by atoms with E-state index >= 15 is 0 Å². The van der Waals surface area contributed by atoms with Gasteiger partial charge in [-0.05, 0) is 81.4 Å². The number of rotatable bonds is 5. The lowest BCUT2D eigenvalue weighted by atomic mass is 9.83. The molecule has 1 atom stereocenters. The molecule has 2 fully saturated rings. The number of aryl methyl sites for hydroxylation is 1. The Bertz CT molecular complexity index is 661. The van der Waals surface area contributed by atoms with Crippen LogP contribution in [-0.4, -0.2) is 41.0 Å². The molecule has 0 radical (unpaired) electrons. The van der Waals surface area contributed by atoms with Crippen molar-refractivity contribution >= 4 is 11.3 Å². The summed E-state index contributed by atoms with van der Waals surface area (Å²) in [6.07, 6.45) is 8.01. The zero-order valence-electron chi connectivity index (χ0n) is 15.2. The van der Waals surface area contributed by atoms with E-state index in [4.69, 9.17) is 0 Å². The number of thiophene rings is 1. The first-order valence-electron chi connectivity index (χ1n) is 9.65. The summed E-state index contributed by atoms with van der Waals surface area (Å²) in [6.45, 7) is 9.53. The van der Waals surface area contributed by atoms with E-state index < -0.39 is 0 Å². The summed E-state index contributed by atoms with van der Waals surface area (Å²) >= 11 is 1.96. The molecule has 4 heteroatoms. The second-order valence-corrected chi connectivity index (χ2v) is 9.14. The molecule has 0 aliphatic carbocycles. The van der Waals surface area contributed by atoms with E-state index in [1.54, 1.807) is 0 Å². The van der Waals surface area contributed by atoms with Gasteiger partial charge in [-0.3, -0.25) is 14.8 Å². The van der Waals surface area contributed by atoms with Gasteiger partial charge in [0.05, 0.1) is 0 Å². The summed E-state index contributed by atoms with van der Waals surface area (Å²) < 4.78 is 0. The Balaban J connectivity index is 1.23. The Hall–Kier alpha value is -1.23. The molecular weight excluding hydrogens is 326 g/mol. The summed E-state index contributed by atoms with van der Waals surface area (Å²) in [5.74, 6) is 1.85. The lowest BCUT2D eigenvalue weighted by Gasteiger charge is -2.34. The van der Waals surface area contributed by atoms with E-state index in [9.17, 15) is 0 Å². The molecule has 0 saturated carbocycles. The molecule has 2 aromatic heterocycles. The summed E-state index contributed by atoms with van der Waals surface area (Å²) in [7, 11) is 0. The second-order valence-electron chi connectivity index (χ2n) is 7.77. The lowest BCUT2D eigenvalue weighted by molar-refractivity contribution is 0.141. The number of piperidine rings is 1. The Kier molecular flexibility index (Phi) is 5.49. The predicted octanol–water partition coefficient (Wildman–Crippen LogP) is 4.19. The molecule has 3 nitrogen and oxygen atoms in total. The van der Waals surface area contributed by atoms with Gasteiger partial charge in [0.15, 0.2) is 0 Å². The van der Waals surface area contributed by atoms with Gasteiger partial charge >= 0.3 is 0 Å². The molecule has 4 rings (SSSR count). The van der Waals surface area contributed by atoms with Gasteiger partial charge in [-0.15, -0.1) is 11.3 Å². The van der Waals surface area contributed by atoms with Crippen molar-refractivity contribution in [2.45, 2.75) is 39.3 Å². The van der Waals surface area contributed by atoms with E-state index in [1.807, 2.05) is 29.8 Å². The molecule has 2 aliphatic heterocycles. The maximum Gasteiger partial charge on any atom is 0.0328 e. The van der Waals surface area contributed by atoms with E-state index in [0.29, 0.717) is 0 Å². The van der Waals surface area contributed by atoms with Crippen molar-refractivity contribution in [3.05, 3.63) is 52.0 Å². The molecule has 2 aliphatic rings. The highest BCUT2D eigenvalue weighted by atomic mass is 32.1. The number of pyridine rings is 1. The minimum atomic E-state index is 0.918. The Labute approximate surface area is 155 Å². The Morgan fingerprint density at radius 1 is 1.00 bits per heavy atom. The van der Waals surface area contributed by atoms with Crippen molar-refractivity contribution < 1.29 is 0 Å². The monoisotopic (exact) mass is 355 g/mol. The van der Waals surface area contributed by atoms with Crippen molar-refractivity contribution in [1.29, 1.82) is 0 Å². The van der Waals surface area contributed by atoms with Crippen LogP contribution in [0, 0.1) is 18.8 Å². The molecule has 134 valence electrons. The lowest BCUT2D eigenvalue weighted by Crippen LogP contribution is -2.36. The normalized spacial score (nSPS) is 23.3. The number of aromatic nitrogens is 1. The summed E-state index contributed by atoms with van der Waals surface area (Å²) in [5, 5.41) is 0. The minimum absolute atomic E-state index is 0.918. The van der Waals surface area contributed by atoms with Gasteiger partial charge in [0.2, 0.25) is 0 Å². The SMILES string of the molecule is Cc1ccc(CN2CC[C@H](C3CCN(Cc4cccnc4)CC3)C2)s1. The molecule has 0 spiro atoms. The van der Waals surface area contributed by atoms with Crippen molar-refractivity contribution in [3.63, 3.8) is 0 Å². The molecule has 0 amide bonds. The van der Waals surface area contributed by atoms with Gasteiger partial charge in [0.1, 0.15) is 0 Å². The van der Waals surface area contributed by atoms with Gasteiger partial charge in [-0.2, -0.15) is 0 Å². The zero-order chi connectivity index (χ0) is 17.1. The number of likely N-dealkylation sites (tertiary alicyclic amines) is 2. The van der Waals surface area contributed by atoms with Crippen LogP contribution in [0.3, 0.4) is 0 Å². The molecular formula is C21H29N3S. The first-order chi connectivity index (χ1) is 12.3. The first kappa shape index (κ1) is 17.2. The van der Waals surface area contributed by atoms with Crippen LogP contribution in [0.2, 0.25) is 0 Å². The summed E-state index contributed by atoms with van der Waals surface area (Å²) in [5.41, 5.74) is 1.35. The fourth-order valence-corrected chi connectivity index (χ4v) is 5.45. The van der Waals surface area contributed by atoms with Gasteiger partial charge in [0.25, 0.3) is 0 Å². The molecule has 0 bridgehead atoms. The maximum atomic E-state index is 4.24. The largest absolute Gasteiger partial charge is 0.299 e. The number of hydrogen-bond acceptors (Lipinski definition) is 4. The Morgan fingerprint density at radius 2 is 1.80 bits per heavy atom. The fraction of sp³-hybridized carbons (Fsp3) is 0.571. The molecule has 4 heterocycles. The predicted molar refractivity (Wildman–Crippen MR) is 105 cm³/mol. The topological polar surface area (TPSA) is 19.4 Å². The third kappa shape index (κ3) is 4.49. The van der Waals surface area contributed by atoms with Gasteiger partial charge in [-0.1, -0.05) is 6.07 Å². The molecule has 0 N–H and O–H groups in total. The van der Waals surface area contributed by atoms with Crippen molar-refractivity contribution in [1.82, 2.24) is 14.8 Å². The van der Waals surface area contributed by atoms with E-state index in [2.05, 4.69) is 39.9 Å². The van der Waals surface area contributed by atoms with Crippen molar-refractivity contribution in [2.75, 3.05) is 26.2 Å². The minimum Gasteiger partial charge on any atom is -0.299 e. The van der Waals surface area contributed by atoms with Crippen LogP contribution in [0.25, 0.3) is 0 Å². The molecule has 2 aromatic rings. The first-order valence-corrected chi connectivity index (χ1v) is 10.5. The Morgan fingerprint density at radius 3 is 2.52 bits per heavy atom. The van der Waals surface area contributed by atoms with Crippen LogP contribution >= 0.6 is 11.3 Å². The van der Waals surface area contributed by atoms with Crippen LogP contribution in [0.15, 0.2) is 36.7 Å². The van der Waals surface area contributed by atoms with Gasteiger partial charge < -0.3 is 0 Å². The standard InChI is InChI=1S/C21H29N3S/c1-17-4-5-21(25-17)16-24-12-8-20(15-24)19-6-10-23(11-7-19)14-18-3-2-9-22-13-18/h2-5,9,13,19-20H,6-8,10-12,14-16H2,1H3/t20-/m0/s1. The van der Waals surface area contributed by atoms with Crippen LogP contribution in [0.5, 0.6) is 0 Å². The average molecular weight is 356 g/mol. The quantitative estimate of drug-likeness (QED) is 0.802. The van der Waals surface area contributed by atoms with E-state index in [1.165, 1.54) is 60.8 Å². The average Bonchev–Trinajstić information content (AvgIpc) is 3.26. The smallest absolute Gasteiger partial charge is 0.0328 e. The van der Waals surface area contributed by atoms with Gasteiger partial charge in [0, 0.05) is 41.8 Å². The fourth-order valence-electron chi connectivity index (χ4n) is 4.51. The van der Waals surface area contributed by atoms with Crippen LogP contribution in [0.4, 0.5) is 0 Å². The molecule has 0 unspecified atom stereocenters. The number of hydrogen-bond donors (Lipinski definition) is 0. The van der Waals surface area contributed by atoms with Crippen LogP contribution in [-0.2, 0) is 13.1 Å². The van der Waals surface area contributed by atoms with Crippen molar-refractivity contribution in [2.24, 2.45) is 11.8 Å². The molecule has 0 aromatic carbocycles. The summed E-state index contributed by atoms with van der Waals surface area (Å²) in [6, 6.07) is 8.81. The molecule has 2 saturated heterocycles. The summed E-state index contributed by atoms with van der Waals surface area (Å²) in [4.78, 5) is 12.5. The maximum absolute atomic E-state index is 4.24. The van der Waals surface area contributed by atoms with Crippen LogP contribution in [0.1, 0.15) is 34.6 Å². The highest BCUT2D eigenvalue weighted by molar-refractivity contribution is 7.11.